The fraction of sp³-hybridized carbons (Fsp3) is 0.381. The maximum atomic E-state index is 13.4. The predicted molar refractivity (Wildman–Crippen MR) is 98.9 cm³/mol. The van der Waals surface area contributed by atoms with E-state index in [1.807, 2.05) is 27.7 Å². The van der Waals surface area contributed by atoms with E-state index < -0.39 is 5.97 Å². The SMILES string of the molecule is CC(=O)Oc1c(C(C)C)nc(C(C)C)c(CC=O)c1-c1ccc(F)cc1. The molecule has 0 atom stereocenters. The second-order valence-electron chi connectivity index (χ2n) is 6.85. The summed E-state index contributed by atoms with van der Waals surface area (Å²) in [6.07, 6.45) is 0.947. The molecule has 1 aromatic carbocycles. The molecule has 0 unspecified atom stereocenters. The number of hydrogen-bond donors (Lipinski definition) is 0. The lowest BCUT2D eigenvalue weighted by atomic mass is 9.89. The third-order valence-electron chi connectivity index (χ3n) is 4.07. The number of nitrogens with zero attached hydrogens (tertiary/aromatic N) is 1. The summed E-state index contributed by atoms with van der Waals surface area (Å²) in [5, 5.41) is 0. The Bertz CT molecular complexity index is 811. The van der Waals surface area contributed by atoms with E-state index >= 15 is 0 Å². The number of aldehydes is 1. The number of hydrogen-bond acceptors (Lipinski definition) is 4. The first kappa shape index (κ1) is 19.8. The van der Waals surface area contributed by atoms with E-state index in [2.05, 4.69) is 0 Å². The van der Waals surface area contributed by atoms with Gasteiger partial charge in [0.05, 0.1) is 5.69 Å². The van der Waals surface area contributed by atoms with Crippen molar-refractivity contribution in [2.45, 2.75) is 52.9 Å². The molecule has 0 radical (unpaired) electrons. The van der Waals surface area contributed by atoms with Crippen molar-refractivity contribution in [3.05, 3.63) is 47.0 Å². The van der Waals surface area contributed by atoms with Gasteiger partial charge in [-0.2, -0.15) is 0 Å². The van der Waals surface area contributed by atoms with Gasteiger partial charge in [0.25, 0.3) is 0 Å². The van der Waals surface area contributed by atoms with Crippen molar-refractivity contribution in [3.63, 3.8) is 0 Å². The molecular formula is C21H24FNO3. The molecule has 0 N–H and O–H groups in total. The normalized spacial score (nSPS) is 11.1. The quantitative estimate of drug-likeness (QED) is 0.550. The van der Waals surface area contributed by atoms with Crippen LogP contribution in [0.2, 0.25) is 0 Å². The van der Waals surface area contributed by atoms with Crippen molar-refractivity contribution in [2.75, 3.05) is 0 Å². The van der Waals surface area contributed by atoms with Gasteiger partial charge in [-0.3, -0.25) is 9.78 Å². The highest BCUT2D eigenvalue weighted by Gasteiger charge is 2.25. The van der Waals surface area contributed by atoms with E-state index in [9.17, 15) is 14.0 Å². The molecule has 1 aromatic heterocycles. The van der Waals surface area contributed by atoms with Gasteiger partial charge in [-0.15, -0.1) is 0 Å². The van der Waals surface area contributed by atoms with E-state index in [4.69, 9.17) is 9.72 Å². The number of pyridine rings is 1. The minimum atomic E-state index is -0.466. The molecule has 0 amide bonds. The summed E-state index contributed by atoms with van der Waals surface area (Å²) in [6.45, 7) is 9.26. The third-order valence-corrected chi connectivity index (χ3v) is 4.07. The number of ether oxygens (including phenoxy) is 1. The molecule has 1 heterocycles. The fourth-order valence-electron chi connectivity index (χ4n) is 2.97. The number of halogens is 1. The summed E-state index contributed by atoms with van der Waals surface area (Å²) in [6, 6.07) is 5.95. The lowest BCUT2D eigenvalue weighted by molar-refractivity contribution is -0.131. The minimum Gasteiger partial charge on any atom is -0.424 e. The molecule has 0 spiro atoms. The van der Waals surface area contributed by atoms with Crippen molar-refractivity contribution < 1.29 is 18.7 Å². The molecule has 0 aliphatic heterocycles. The molecule has 0 saturated carbocycles. The van der Waals surface area contributed by atoms with Crippen LogP contribution in [-0.2, 0) is 16.0 Å². The van der Waals surface area contributed by atoms with Gasteiger partial charge in [0.2, 0.25) is 0 Å². The number of esters is 1. The molecule has 2 aromatic rings. The number of carbonyl (C=O) groups is 2. The molecule has 0 aliphatic rings. The zero-order chi connectivity index (χ0) is 19.4. The summed E-state index contributed by atoms with van der Waals surface area (Å²) >= 11 is 0. The standard InChI is InChI=1S/C21H24FNO3/c1-12(2)19-17(10-11-24)18(15-6-8-16(22)9-7-15)21(26-14(5)25)20(23-19)13(3)4/h6-9,11-13H,10H2,1-5H3. The molecule has 26 heavy (non-hydrogen) atoms. The predicted octanol–water partition coefficient (Wildman–Crippen LogP) is 4.80. The Balaban J connectivity index is 2.94. The van der Waals surface area contributed by atoms with E-state index in [-0.39, 0.29) is 24.1 Å². The van der Waals surface area contributed by atoms with E-state index in [1.165, 1.54) is 19.1 Å². The highest BCUT2D eigenvalue weighted by atomic mass is 19.1. The van der Waals surface area contributed by atoms with Crippen LogP contribution in [0.25, 0.3) is 11.1 Å². The van der Waals surface area contributed by atoms with Gasteiger partial charge in [-0.05, 0) is 35.1 Å². The van der Waals surface area contributed by atoms with E-state index in [0.717, 1.165) is 12.0 Å². The summed E-state index contributed by atoms with van der Waals surface area (Å²) in [7, 11) is 0. The zero-order valence-electron chi connectivity index (χ0n) is 15.8. The molecule has 0 fully saturated rings. The zero-order valence-corrected chi connectivity index (χ0v) is 15.8. The van der Waals surface area contributed by atoms with Crippen molar-refractivity contribution in [2.24, 2.45) is 0 Å². The molecule has 0 bridgehead atoms. The van der Waals surface area contributed by atoms with Crippen LogP contribution in [0.5, 0.6) is 5.75 Å². The smallest absolute Gasteiger partial charge is 0.308 e. The Kier molecular flexibility index (Phi) is 6.24. The van der Waals surface area contributed by atoms with Gasteiger partial charge < -0.3 is 9.53 Å². The Morgan fingerprint density at radius 1 is 1.12 bits per heavy atom. The first-order chi connectivity index (χ1) is 12.3. The van der Waals surface area contributed by atoms with Crippen LogP contribution in [0.15, 0.2) is 24.3 Å². The number of rotatable bonds is 6. The maximum Gasteiger partial charge on any atom is 0.308 e. The lowest BCUT2D eigenvalue weighted by Gasteiger charge is -2.23. The lowest BCUT2D eigenvalue weighted by Crippen LogP contribution is -2.14. The number of benzene rings is 1. The second kappa shape index (κ2) is 8.21. The molecule has 5 heteroatoms. The average Bonchev–Trinajstić information content (AvgIpc) is 2.55. The Morgan fingerprint density at radius 2 is 1.69 bits per heavy atom. The van der Waals surface area contributed by atoms with Crippen LogP contribution in [0.3, 0.4) is 0 Å². The number of aromatic nitrogens is 1. The minimum absolute atomic E-state index is 0.00586. The average molecular weight is 357 g/mol. The van der Waals surface area contributed by atoms with Gasteiger partial charge in [-0.25, -0.2) is 4.39 Å². The van der Waals surface area contributed by atoms with Crippen LogP contribution < -0.4 is 4.74 Å². The molecule has 2 rings (SSSR count). The van der Waals surface area contributed by atoms with E-state index in [0.29, 0.717) is 28.1 Å². The second-order valence-corrected chi connectivity index (χ2v) is 6.85. The van der Waals surface area contributed by atoms with Crippen molar-refractivity contribution in [1.82, 2.24) is 4.98 Å². The van der Waals surface area contributed by atoms with Crippen LogP contribution in [0.1, 0.15) is 63.4 Å². The molecule has 0 saturated heterocycles. The summed E-state index contributed by atoms with van der Waals surface area (Å²) in [4.78, 5) is 27.8. The first-order valence-electron chi connectivity index (χ1n) is 8.70. The van der Waals surface area contributed by atoms with Crippen molar-refractivity contribution in [3.8, 4) is 16.9 Å². The topological polar surface area (TPSA) is 56.3 Å². The Morgan fingerprint density at radius 3 is 2.15 bits per heavy atom. The molecule has 138 valence electrons. The third kappa shape index (κ3) is 4.15. The van der Waals surface area contributed by atoms with Crippen LogP contribution in [0.4, 0.5) is 4.39 Å². The maximum absolute atomic E-state index is 13.4. The van der Waals surface area contributed by atoms with Gasteiger partial charge in [0.1, 0.15) is 12.1 Å². The number of carbonyl (C=O) groups excluding carboxylic acids is 2. The van der Waals surface area contributed by atoms with Crippen molar-refractivity contribution >= 4 is 12.3 Å². The monoisotopic (exact) mass is 357 g/mol. The first-order valence-corrected chi connectivity index (χ1v) is 8.70. The van der Waals surface area contributed by atoms with Crippen LogP contribution >= 0.6 is 0 Å². The van der Waals surface area contributed by atoms with Gasteiger partial charge in [0.15, 0.2) is 5.75 Å². The Hall–Kier alpha value is -2.56. The Labute approximate surface area is 153 Å². The van der Waals surface area contributed by atoms with Crippen LogP contribution in [-0.4, -0.2) is 17.2 Å². The summed E-state index contributed by atoms with van der Waals surface area (Å²) in [5.41, 5.74) is 3.47. The van der Waals surface area contributed by atoms with E-state index in [1.54, 1.807) is 12.1 Å². The molecule has 0 aliphatic carbocycles. The van der Waals surface area contributed by atoms with Gasteiger partial charge in [0, 0.05) is 24.6 Å². The fourth-order valence-corrected chi connectivity index (χ4v) is 2.97. The highest BCUT2D eigenvalue weighted by Crippen LogP contribution is 2.41. The van der Waals surface area contributed by atoms with Crippen molar-refractivity contribution in [1.29, 1.82) is 0 Å². The molecule has 4 nitrogen and oxygen atoms in total. The van der Waals surface area contributed by atoms with Gasteiger partial charge >= 0.3 is 5.97 Å². The summed E-state index contributed by atoms with van der Waals surface area (Å²) in [5.74, 6) is -0.395. The van der Waals surface area contributed by atoms with Gasteiger partial charge in [-0.1, -0.05) is 39.8 Å². The molecular weight excluding hydrogens is 333 g/mol. The highest BCUT2D eigenvalue weighted by molar-refractivity contribution is 5.82. The largest absolute Gasteiger partial charge is 0.424 e. The van der Waals surface area contributed by atoms with Crippen LogP contribution in [0, 0.1) is 5.82 Å². The summed E-state index contributed by atoms with van der Waals surface area (Å²) < 4.78 is 19.0.